The lowest BCUT2D eigenvalue weighted by Crippen LogP contribution is -2.33. The number of hydrogen-bond acceptors (Lipinski definition) is 5. The summed E-state index contributed by atoms with van der Waals surface area (Å²) in [5.74, 6) is 1.26. The summed E-state index contributed by atoms with van der Waals surface area (Å²) in [6.45, 7) is 0.654. The Bertz CT molecular complexity index is 543. The van der Waals surface area contributed by atoms with E-state index in [-0.39, 0.29) is 0 Å². The third-order valence-corrected chi connectivity index (χ3v) is 4.93. The Labute approximate surface area is 123 Å². The van der Waals surface area contributed by atoms with Gasteiger partial charge in [0, 0.05) is 16.9 Å². The quantitative estimate of drug-likeness (QED) is 0.916. The molecule has 2 atom stereocenters. The first-order valence-corrected chi connectivity index (χ1v) is 8.29. The Morgan fingerprint density at radius 1 is 1.25 bits per heavy atom. The number of nitrogens with zero attached hydrogens (tertiary/aromatic N) is 2. The number of nitrogens with one attached hydrogen (secondary N) is 1. The SMILES string of the molecule is CSC1CCCC1NCc1nnc(-c2ccccc2)o1. The van der Waals surface area contributed by atoms with Crippen molar-refractivity contribution in [1.82, 2.24) is 15.5 Å². The summed E-state index contributed by atoms with van der Waals surface area (Å²) >= 11 is 1.95. The van der Waals surface area contributed by atoms with Crippen molar-refractivity contribution < 1.29 is 4.42 Å². The van der Waals surface area contributed by atoms with Crippen LogP contribution in [0.15, 0.2) is 34.7 Å². The van der Waals surface area contributed by atoms with Gasteiger partial charge in [0.25, 0.3) is 0 Å². The van der Waals surface area contributed by atoms with Gasteiger partial charge in [-0.2, -0.15) is 11.8 Å². The molecular weight excluding hydrogens is 270 g/mol. The molecule has 1 aromatic heterocycles. The normalized spacial score (nSPS) is 22.2. The fraction of sp³-hybridized carbons (Fsp3) is 0.467. The van der Waals surface area contributed by atoms with Gasteiger partial charge in [0.2, 0.25) is 11.8 Å². The lowest BCUT2D eigenvalue weighted by molar-refractivity contribution is 0.443. The van der Waals surface area contributed by atoms with Crippen molar-refractivity contribution >= 4 is 11.8 Å². The van der Waals surface area contributed by atoms with Crippen LogP contribution < -0.4 is 5.32 Å². The van der Waals surface area contributed by atoms with Crippen molar-refractivity contribution in [3.8, 4) is 11.5 Å². The van der Waals surface area contributed by atoms with Crippen molar-refractivity contribution in [2.75, 3.05) is 6.26 Å². The largest absolute Gasteiger partial charge is 0.419 e. The fourth-order valence-electron chi connectivity index (χ4n) is 2.68. The Morgan fingerprint density at radius 3 is 2.90 bits per heavy atom. The zero-order valence-corrected chi connectivity index (χ0v) is 12.4. The van der Waals surface area contributed by atoms with E-state index in [1.165, 1.54) is 19.3 Å². The number of thioether (sulfide) groups is 1. The summed E-state index contributed by atoms with van der Waals surface area (Å²) in [4.78, 5) is 0. The molecule has 1 heterocycles. The number of rotatable bonds is 5. The smallest absolute Gasteiger partial charge is 0.247 e. The molecule has 2 aromatic rings. The topological polar surface area (TPSA) is 51.0 Å². The van der Waals surface area contributed by atoms with E-state index in [0.29, 0.717) is 29.6 Å². The Morgan fingerprint density at radius 2 is 2.10 bits per heavy atom. The zero-order chi connectivity index (χ0) is 13.8. The van der Waals surface area contributed by atoms with Crippen LogP contribution in [0.5, 0.6) is 0 Å². The van der Waals surface area contributed by atoms with E-state index in [2.05, 4.69) is 21.8 Å². The molecule has 1 N–H and O–H groups in total. The molecule has 1 saturated carbocycles. The summed E-state index contributed by atoms with van der Waals surface area (Å²) in [5, 5.41) is 12.5. The molecule has 3 rings (SSSR count). The van der Waals surface area contributed by atoms with Crippen LogP contribution in [0.3, 0.4) is 0 Å². The monoisotopic (exact) mass is 289 g/mol. The van der Waals surface area contributed by atoms with Crippen LogP contribution in [0, 0.1) is 0 Å². The first-order chi connectivity index (χ1) is 9.86. The van der Waals surface area contributed by atoms with Gasteiger partial charge in [0.1, 0.15) is 0 Å². The highest BCUT2D eigenvalue weighted by Crippen LogP contribution is 2.28. The number of aromatic nitrogens is 2. The van der Waals surface area contributed by atoms with Crippen molar-refractivity contribution in [3.63, 3.8) is 0 Å². The first-order valence-electron chi connectivity index (χ1n) is 7.01. The van der Waals surface area contributed by atoms with Crippen LogP contribution in [0.1, 0.15) is 25.2 Å². The van der Waals surface area contributed by atoms with Crippen LogP contribution in [0.2, 0.25) is 0 Å². The molecule has 1 aliphatic carbocycles. The van der Waals surface area contributed by atoms with E-state index in [1.54, 1.807) is 0 Å². The minimum absolute atomic E-state index is 0.567. The second-order valence-corrected chi connectivity index (χ2v) is 6.14. The maximum absolute atomic E-state index is 5.71. The highest BCUT2D eigenvalue weighted by Gasteiger charge is 2.26. The molecule has 0 saturated heterocycles. The minimum atomic E-state index is 0.567. The maximum Gasteiger partial charge on any atom is 0.247 e. The molecule has 0 spiro atoms. The predicted octanol–water partition coefficient (Wildman–Crippen LogP) is 3.11. The van der Waals surface area contributed by atoms with E-state index < -0.39 is 0 Å². The van der Waals surface area contributed by atoms with Gasteiger partial charge in [0.15, 0.2) is 0 Å². The molecule has 1 fully saturated rings. The van der Waals surface area contributed by atoms with Gasteiger partial charge in [-0.15, -0.1) is 10.2 Å². The second kappa shape index (κ2) is 6.41. The molecule has 20 heavy (non-hydrogen) atoms. The summed E-state index contributed by atoms with van der Waals surface area (Å²) in [6.07, 6.45) is 6.04. The van der Waals surface area contributed by atoms with Gasteiger partial charge in [-0.1, -0.05) is 24.6 Å². The number of hydrogen-bond donors (Lipinski definition) is 1. The summed E-state index contributed by atoms with van der Waals surface area (Å²) in [5.41, 5.74) is 0.967. The van der Waals surface area contributed by atoms with E-state index in [0.717, 1.165) is 5.56 Å². The molecule has 1 aromatic carbocycles. The summed E-state index contributed by atoms with van der Waals surface area (Å²) in [7, 11) is 0. The highest BCUT2D eigenvalue weighted by molar-refractivity contribution is 7.99. The average molecular weight is 289 g/mol. The fourth-order valence-corrected chi connectivity index (χ4v) is 3.65. The van der Waals surface area contributed by atoms with Crippen molar-refractivity contribution in [2.24, 2.45) is 0 Å². The van der Waals surface area contributed by atoms with E-state index in [9.17, 15) is 0 Å². The molecule has 4 nitrogen and oxygen atoms in total. The molecular formula is C15H19N3OS. The third-order valence-electron chi connectivity index (χ3n) is 3.76. The third kappa shape index (κ3) is 3.04. The highest BCUT2D eigenvalue weighted by atomic mass is 32.2. The minimum Gasteiger partial charge on any atom is -0.419 e. The van der Waals surface area contributed by atoms with E-state index >= 15 is 0 Å². The van der Waals surface area contributed by atoms with Gasteiger partial charge in [0.05, 0.1) is 6.54 Å². The molecule has 0 amide bonds. The Kier molecular flexibility index (Phi) is 4.38. The van der Waals surface area contributed by atoms with Gasteiger partial charge in [-0.05, 0) is 31.2 Å². The van der Waals surface area contributed by atoms with Gasteiger partial charge in [-0.3, -0.25) is 0 Å². The lowest BCUT2D eigenvalue weighted by atomic mass is 10.2. The zero-order valence-electron chi connectivity index (χ0n) is 11.6. The van der Waals surface area contributed by atoms with Gasteiger partial charge < -0.3 is 9.73 Å². The molecule has 0 radical (unpaired) electrons. The summed E-state index contributed by atoms with van der Waals surface area (Å²) in [6, 6.07) is 10.4. The average Bonchev–Trinajstić information content (AvgIpc) is 3.15. The Hall–Kier alpha value is -1.33. The van der Waals surface area contributed by atoms with Gasteiger partial charge >= 0.3 is 0 Å². The molecule has 0 bridgehead atoms. The maximum atomic E-state index is 5.71. The van der Waals surface area contributed by atoms with Gasteiger partial charge in [-0.25, -0.2) is 0 Å². The van der Waals surface area contributed by atoms with Crippen LogP contribution >= 0.6 is 11.8 Å². The second-order valence-electron chi connectivity index (χ2n) is 5.06. The van der Waals surface area contributed by atoms with Crippen molar-refractivity contribution in [3.05, 3.63) is 36.2 Å². The molecule has 1 aliphatic rings. The first kappa shape index (κ1) is 13.6. The van der Waals surface area contributed by atoms with Crippen molar-refractivity contribution in [1.29, 1.82) is 0 Å². The van der Waals surface area contributed by atoms with E-state index in [4.69, 9.17) is 4.42 Å². The van der Waals surface area contributed by atoms with Crippen LogP contribution in [-0.2, 0) is 6.54 Å². The predicted molar refractivity (Wildman–Crippen MR) is 81.5 cm³/mol. The van der Waals surface area contributed by atoms with Crippen LogP contribution in [0.4, 0.5) is 0 Å². The molecule has 2 unspecified atom stereocenters. The standard InChI is InChI=1S/C15H19N3OS/c1-20-13-9-5-8-12(13)16-10-14-17-18-15(19-14)11-6-3-2-4-7-11/h2-4,6-7,12-13,16H,5,8-10H2,1H3. The van der Waals surface area contributed by atoms with Crippen molar-refractivity contribution in [2.45, 2.75) is 37.1 Å². The molecule has 0 aliphatic heterocycles. The molecule has 5 heteroatoms. The Balaban J connectivity index is 1.60. The van der Waals surface area contributed by atoms with Crippen LogP contribution in [0.25, 0.3) is 11.5 Å². The number of benzene rings is 1. The summed E-state index contributed by atoms with van der Waals surface area (Å²) < 4.78 is 5.71. The molecule has 106 valence electrons. The van der Waals surface area contributed by atoms with E-state index in [1.807, 2.05) is 42.1 Å². The van der Waals surface area contributed by atoms with Crippen LogP contribution in [-0.4, -0.2) is 27.7 Å². The lowest BCUT2D eigenvalue weighted by Gasteiger charge is -2.17.